The van der Waals surface area contributed by atoms with Crippen LogP contribution in [0.3, 0.4) is 0 Å². The van der Waals surface area contributed by atoms with E-state index in [0.717, 1.165) is 37.5 Å². The highest BCUT2D eigenvalue weighted by Crippen LogP contribution is 2.32. The number of hydrogen-bond acceptors (Lipinski definition) is 2. The Labute approximate surface area is 138 Å². The molecule has 1 saturated heterocycles. The third-order valence-corrected chi connectivity index (χ3v) is 4.59. The number of carbonyl (C=O) groups excluding carboxylic acids is 1. The third kappa shape index (κ3) is 4.06. The van der Waals surface area contributed by atoms with Gasteiger partial charge in [0.2, 0.25) is 5.91 Å². The fraction of sp³-hybridized carbons (Fsp3) is 0.588. The molecule has 1 aromatic rings. The molecule has 0 atom stereocenters. The molecule has 2 fully saturated rings. The lowest BCUT2D eigenvalue weighted by Gasteiger charge is -2.22. The maximum Gasteiger partial charge on any atom is 0.416 e. The van der Waals surface area contributed by atoms with E-state index in [2.05, 4.69) is 0 Å². The Kier molecular flexibility index (Phi) is 4.80. The first-order chi connectivity index (χ1) is 11.3. The third-order valence-electron chi connectivity index (χ3n) is 4.59. The summed E-state index contributed by atoms with van der Waals surface area (Å²) in [4.78, 5) is 15.9. The summed E-state index contributed by atoms with van der Waals surface area (Å²) in [6.45, 7) is 2.53. The fourth-order valence-electron chi connectivity index (χ4n) is 3.05. The molecule has 0 aromatic heterocycles. The number of amides is 1. The van der Waals surface area contributed by atoms with Gasteiger partial charge >= 0.3 is 6.18 Å². The van der Waals surface area contributed by atoms with Crippen LogP contribution in [-0.2, 0) is 17.5 Å². The maximum absolute atomic E-state index is 13.9. The summed E-state index contributed by atoms with van der Waals surface area (Å²) < 4.78 is 52.2. The van der Waals surface area contributed by atoms with Gasteiger partial charge in [0.1, 0.15) is 5.82 Å². The van der Waals surface area contributed by atoms with Gasteiger partial charge in [-0.25, -0.2) is 4.39 Å². The summed E-state index contributed by atoms with van der Waals surface area (Å²) in [5.74, 6) is -0.280. The summed E-state index contributed by atoms with van der Waals surface area (Å²) in [5.41, 5.74) is -0.786. The molecule has 0 spiro atoms. The van der Waals surface area contributed by atoms with Crippen molar-refractivity contribution in [3.63, 3.8) is 0 Å². The topological polar surface area (TPSA) is 23.6 Å². The number of carbonyl (C=O) groups is 1. The first-order valence-corrected chi connectivity index (χ1v) is 8.21. The molecule has 24 heavy (non-hydrogen) atoms. The quantitative estimate of drug-likeness (QED) is 0.786. The molecule has 1 heterocycles. The fourth-order valence-corrected chi connectivity index (χ4v) is 3.05. The van der Waals surface area contributed by atoms with Gasteiger partial charge in [-0.05, 0) is 37.5 Å². The minimum absolute atomic E-state index is 0.0480. The van der Waals surface area contributed by atoms with E-state index in [0.29, 0.717) is 26.2 Å². The predicted molar refractivity (Wildman–Crippen MR) is 80.6 cm³/mol. The van der Waals surface area contributed by atoms with Crippen molar-refractivity contribution in [2.75, 3.05) is 26.2 Å². The first-order valence-electron chi connectivity index (χ1n) is 8.21. The van der Waals surface area contributed by atoms with E-state index in [9.17, 15) is 22.4 Å². The highest BCUT2D eigenvalue weighted by atomic mass is 19.4. The largest absolute Gasteiger partial charge is 0.416 e. The van der Waals surface area contributed by atoms with Crippen molar-refractivity contribution in [1.82, 2.24) is 9.80 Å². The van der Waals surface area contributed by atoms with E-state index in [1.165, 1.54) is 0 Å². The van der Waals surface area contributed by atoms with Crippen LogP contribution in [0.4, 0.5) is 17.6 Å². The van der Waals surface area contributed by atoms with E-state index < -0.39 is 17.6 Å². The average Bonchev–Trinajstić information content (AvgIpc) is 3.34. The van der Waals surface area contributed by atoms with Crippen molar-refractivity contribution >= 4 is 5.91 Å². The zero-order valence-corrected chi connectivity index (χ0v) is 13.3. The molecule has 0 radical (unpaired) electrons. The smallest absolute Gasteiger partial charge is 0.341 e. The highest BCUT2D eigenvalue weighted by Gasteiger charge is 2.34. The highest BCUT2D eigenvalue weighted by molar-refractivity contribution is 5.81. The second-order valence-corrected chi connectivity index (χ2v) is 6.53. The monoisotopic (exact) mass is 344 g/mol. The molecule has 1 aromatic carbocycles. The van der Waals surface area contributed by atoms with E-state index >= 15 is 0 Å². The molecule has 3 nitrogen and oxygen atoms in total. The van der Waals surface area contributed by atoms with Crippen LogP contribution in [0.1, 0.15) is 30.4 Å². The lowest BCUT2D eigenvalue weighted by atomic mass is 10.1. The second-order valence-electron chi connectivity index (χ2n) is 6.53. The van der Waals surface area contributed by atoms with Gasteiger partial charge in [-0.15, -0.1) is 0 Å². The van der Waals surface area contributed by atoms with Crippen LogP contribution in [0.25, 0.3) is 0 Å². The van der Waals surface area contributed by atoms with Crippen LogP contribution in [0.15, 0.2) is 18.2 Å². The molecule has 3 rings (SSSR count). The Morgan fingerprint density at radius 3 is 2.54 bits per heavy atom. The predicted octanol–water partition coefficient (Wildman–Crippen LogP) is 3.29. The number of alkyl halides is 3. The van der Waals surface area contributed by atoms with Crippen molar-refractivity contribution in [2.24, 2.45) is 5.92 Å². The molecule has 0 unspecified atom stereocenters. The van der Waals surface area contributed by atoms with E-state index in [4.69, 9.17) is 0 Å². The van der Waals surface area contributed by atoms with Crippen LogP contribution in [0.2, 0.25) is 0 Å². The molecule has 2 aliphatic rings. The number of benzene rings is 1. The molecule has 1 amide bonds. The SMILES string of the molecule is O=C(C1CC1)N1CCCN(Cc2cc(C(F)(F)F)ccc2F)CC1. The van der Waals surface area contributed by atoms with Gasteiger partial charge in [0.15, 0.2) is 0 Å². The Bertz CT molecular complexity index is 613. The summed E-state index contributed by atoms with van der Waals surface area (Å²) in [6, 6.07) is 2.52. The maximum atomic E-state index is 13.9. The summed E-state index contributed by atoms with van der Waals surface area (Å²) in [6.07, 6.45) is -1.82. The Hall–Kier alpha value is -1.63. The molecular weight excluding hydrogens is 324 g/mol. The van der Waals surface area contributed by atoms with Crippen LogP contribution in [-0.4, -0.2) is 41.9 Å². The minimum atomic E-state index is -4.48. The Morgan fingerprint density at radius 1 is 1.12 bits per heavy atom. The number of nitrogens with zero attached hydrogens (tertiary/aromatic N) is 2. The van der Waals surface area contributed by atoms with Gasteiger partial charge in [-0.3, -0.25) is 9.69 Å². The molecule has 0 N–H and O–H groups in total. The van der Waals surface area contributed by atoms with Crippen molar-refractivity contribution in [3.8, 4) is 0 Å². The van der Waals surface area contributed by atoms with E-state index in [1.54, 1.807) is 0 Å². The lowest BCUT2D eigenvalue weighted by molar-refractivity contribution is -0.137. The van der Waals surface area contributed by atoms with Gasteiger partial charge in [0.05, 0.1) is 5.56 Å². The Balaban J connectivity index is 1.64. The number of hydrogen-bond donors (Lipinski definition) is 0. The van der Waals surface area contributed by atoms with Crippen molar-refractivity contribution in [1.29, 1.82) is 0 Å². The molecular formula is C17H20F4N2O. The van der Waals surface area contributed by atoms with Gasteiger partial charge < -0.3 is 4.90 Å². The van der Waals surface area contributed by atoms with Crippen molar-refractivity contribution in [2.45, 2.75) is 32.0 Å². The van der Waals surface area contributed by atoms with Crippen LogP contribution < -0.4 is 0 Å². The van der Waals surface area contributed by atoms with Gasteiger partial charge in [-0.2, -0.15) is 13.2 Å². The summed E-state index contributed by atoms with van der Waals surface area (Å²) in [7, 11) is 0. The first kappa shape index (κ1) is 17.2. The Morgan fingerprint density at radius 2 is 1.88 bits per heavy atom. The van der Waals surface area contributed by atoms with Crippen LogP contribution in [0.5, 0.6) is 0 Å². The van der Waals surface area contributed by atoms with Gasteiger partial charge in [-0.1, -0.05) is 0 Å². The second kappa shape index (κ2) is 6.70. The summed E-state index contributed by atoms with van der Waals surface area (Å²) >= 11 is 0. The molecule has 7 heteroatoms. The molecule has 1 aliphatic carbocycles. The lowest BCUT2D eigenvalue weighted by Crippen LogP contribution is -2.36. The molecule has 132 valence electrons. The molecule has 1 aliphatic heterocycles. The molecule has 1 saturated carbocycles. The van der Waals surface area contributed by atoms with Crippen molar-refractivity contribution < 1.29 is 22.4 Å². The normalized spacial score (nSPS) is 20.1. The zero-order valence-electron chi connectivity index (χ0n) is 13.3. The molecule has 0 bridgehead atoms. The van der Waals surface area contributed by atoms with Crippen LogP contribution >= 0.6 is 0 Å². The standard InChI is InChI=1S/C17H20F4N2O/c18-15-5-4-14(17(19,20)21)10-13(15)11-22-6-1-7-23(9-8-22)16(24)12-2-3-12/h4-5,10,12H,1-3,6-9,11H2. The van der Waals surface area contributed by atoms with E-state index in [-0.39, 0.29) is 23.9 Å². The van der Waals surface area contributed by atoms with Gasteiger partial charge in [0, 0.05) is 44.2 Å². The zero-order chi connectivity index (χ0) is 17.3. The van der Waals surface area contributed by atoms with Crippen molar-refractivity contribution in [3.05, 3.63) is 35.1 Å². The van der Waals surface area contributed by atoms with Gasteiger partial charge in [0.25, 0.3) is 0 Å². The minimum Gasteiger partial charge on any atom is -0.341 e. The average molecular weight is 344 g/mol. The summed E-state index contributed by atoms with van der Waals surface area (Å²) in [5, 5.41) is 0. The number of rotatable bonds is 3. The van der Waals surface area contributed by atoms with E-state index in [1.807, 2.05) is 9.80 Å². The number of halogens is 4. The van der Waals surface area contributed by atoms with Crippen LogP contribution in [0, 0.1) is 11.7 Å².